The topological polar surface area (TPSA) is 73.7 Å². The fourth-order valence-corrected chi connectivity index (χ4v) is 5.81. The molecule has 186 valence electrons. The molecule has 1 fully saturated rings. The van der Waals surface area contributed by atoms with E-state index in [0.717, 1.165) is 18.3 Å². The van der Waals surface area contributed by atoms with Crippen molar-refractivity contribution in [3.05, 3.63) is 59.2 Å². The van der Waals surface area contributed by atoms with E-state index in [1.54, 1.807) is 14.9 Å². The van der Waals surface area contributed by atoms with Crippen LogP contribution in [0.15, 0.2) is 36.5 Å². The van der Waals surface area contributed by atoms with Gasteiger partial charge in [0.2, 0.25) is 0 Å². The number of carbonyl (C=O) groups excluding carboxylic acids is 2. The largest absolute Gasteiger partial charge is 0.573 e. The van der Waals surface area contributed by atoms with E-state index in [2.05, 4.69) is 9.72 Å². The highest BCUT2D eigenvalue weighted by atomic mass is 127. The Bertz CT molecular complexity index is 1260. The molecule has 1 aliphatic rings. The first kappa shape index (κ1) is 25.5. The Morgan fingerprint density at radius 1 is 1.17 bits per heavy atom. The van der Waals surface area contributed by atoms with Gasteiger partial charge in [0, 0.05) is 59.9 Å². The molecule has 0 spiro atoms. The number of alkyl halides is 3. The number of likely N-dealkylation sites (tertiary alicyclic amines) is 1. The van der Waals surface area contributed by atoms with Crippen LogP contribution in [0.25, 0.3) is 11.0 Å². The summed E-state index contributed by atoms with van der Waals surface area (Å²) in [7, 11) is 2.48. The number of rotatable bonds is 5. The molecule has 7 nitrogen and oxygen atoms in total. The first-order chi connectivity index (χ1) is 16.6. The standard InChI is InChI=1S/C22H18F4IN3O4S/c1-33-21(32)17-10-15-18(16(23)11-28-19(15)30(17)35-27)12-6-8-29(9-7-12)20(31)13-2-4-14(5-3-13)34-22(24,25)26/h2-5,10-12H,6-9H2,1H3. The van der Waals surface area contributed by atoms with Crippen LogP contribution < -0.4 is 4.74 Å². The fraction of sp³-hybridized carbons (Fsp3) is 0.318. The van der Waals surface area contributed by atoms with E-state index < -0.39 is 23.9 Å². The van der Waals surface area contributed by atoms with E-state index in [1.807, 2.05) is 21.2 Å². The zero-order valence-corrected chi connectivity index (χ0v) is 21.1. The van der Waals surface area contributed by atoms with Crippen LogP contribution in [0.4, 0.5) is 17.6 Å². The van der Waals surface area contributed by atoms with Crippen LogP contribution in [0, 0.1) is 5.82 Å². The molecule has 3 aromatic rings. The van der Waals surface area contributed by atoms with Crippen LogP contribution in [0.3, 0.4) is 0 Å². The summed E-state index contributed by atoms with van der Waals surface area (Å²) in [6.07, 6.45) is -2.75. The maximum absolute atomic E-state index is 14.9. The quantitative estimate of drug-likeness (QED) is 0.206. The van der Waals surface area contributed by atoms with Gasteiger partial charge >= 0.3 is 12.3 Å². The highest BCUT2D eigenvalue weighted by Crippen LogP contribution is 2.38. The SMILES string of the molecule is COC(=O)c1cc2c(C3CCN(C(=O)c4ccc(OC(F)(F)F)cc4)CC3)c(F)cnc2n1SI. The number of ether oxygens (including phenoxy) is 2. The van der Waals surface area contributed by atoms with Gasteiger partial charge in [-0.15, -0.1) is 13.2 Å². The number of fused-ring (bicyclic) bond motifs is 1. The highest BCUT2D eigenvalue weighted by Gasteiger charge is 2.32. The number of pyridine rings is 1. The fourth-order valence-electron chi connectivity index (χ4n) is 4.20. The van der Waals surface area contributed by atoms with Crippen LogP contribution in [0.5, 0.6) is 5.75 Å². The molecular formula is C22H18F4IN3O4S. The summed E-state index contributed by atoms with van der Waals surface area (Å²) in [6.45, 7) is 0.665. The molecule has 0 N–H and O–H groups in total. The summed E-state index contributed by atoms with van der Waals surface area (Å²) in [5.74, 6) is -2.01. The van der Waals surface area contributed by atoms with Gasteiger partial charge in [-0.2, -0.15) is 0 Å². The third-order valence-corrected chi connectivity index (χ3v) is 7.46. The zero-order valence-electron chi connectivity index (χ0n) is 18.1. The van der Waals surface area contributed by atoms with Crippen molar-refractivity contribution in [2.45, 2.75) is 25.1 Å². The molecule has 0 unspecified atom stereocenters. The number of esters is 1. The first-order valence-corrected chi connectivity index (χ1v) is 13.7. The summed E-state index contributed by atoms with van der Waals surface area (Å²) in [5, 5.41) is 0.514. The molecule has 0 radical (unpaired) electrons. The molecule has 1 saturated heterocycles. The first-order valence-electron chi connectivity index (χ1n) is 10.3. The predicted octanol–water partition coefficient (Wildman–Crippen LogP) is 5.73. The third-order valence-electron chi connectivity index (χ3n) is 5.77. The summed E-state index contributed by atoms with van der Waals surface area (Å²) in [4.78, 5) is 30.8. The maximum Gasteiger partial charge on any atom is 0.573 e. The van der Waals surface area contributed by atoms with Gasteiger partial charge in [-0.3, -0.25) is 8.77 Å². The predicted molar refractivity (Wildman–Crippen MR) is 129 cm³/mol. The minimum Gasteiger partial charge on any atom is -0.464 e. The zero-order chi connectivity index (χ0) is 25.3. The number of aromatic nitrogens is 2. The Hall–Kier alpha value is -2.55. The number of benzene rings is 1. The number of halogens is 5. The van der Waals surface area contributed by atoms with Crippen LogP contribution in [0.2, 0.25) is 0 Å². The summed E-state index contributed by atoms with van der Waals surface area (Å²) < 4.78 is 62.2. The van der Waals surface area contributed by atoms with E-state index in [1.165, 1.54) is 28.4 Å². The Labute approximate surface area is 213 Å². The van der Waals surface area contributed by atoms with Gasteiger partial charge in [0.25, 0.3) is 5.91 Å². The number of amides is 1. The second-order valence-corrected chi connectivity index (χ2v) is 9.47. The van der Waals surface area contributed by atoms with Crippen molar-refractivity contribution < 1.29 is 36.6 Å². The molecule has 35 heavy (non-hydrogen) atoms. The number of hydrogen-bond acceptors (Lipinski definition) is 6. The van der Waals surface area contributed by atoms with Crippen LogP contribution in [0.1, 0.15) is 45.2 Å². The lowest BCUT2D eigenvalue weighted by atomic mass is 9.87. The number of methoxy groups -OCH3 is 1. The van der Waals surface area contributed by atoms with Gasteiger partial charge in [-0.05, 0) is 49.1 Å². The van der Waals surface area contributed by atoms with Gasteiger partial charge < -0.3 is 14.4 Å². The molecule has 0 bridgehead atoms. The molecule has 0 atom stereocenters. The molecule has 4 rings (SSSR count). The normalized spacial score (nSPS) is 14.9. The van der Waals surface area contributed by atoms with Crippen molar-refractivity contribution in [3.8, 4) is 5.75 Å². The summed E-state index contributed by atoms with van der Waals surface area (Å²) in [5.41, 5.74) is 1.35. The van der Waals surface area contributed by atoms with Crippen LogP contribution in [-0.4, -0.2) is 52.3 Å². The van der Waals surface area contributed by atoms with Crippen molar-refractivity contribution in [3.63, 3.8) is 0 Å². The van der Waals surface area contributed by atoms with Gasteiger partial charge in [0.05, 0.1) is 13.3 Å². The molecular weight excluding hydrogens is 605 g/mol. The van der Waals surface area contributed by atoms with Gasteiger partial charge in [0.1, 0.15) is 17.3 Å². The molecule has 0 saturated carbocycles. The second kappa shape index (κ2) is 10.2. The van der Waals surface area contributed by atoms with E-state index in [-0.39, 0.29) is 23.1 Å². The number of piperidine rings is 1. The van der Waals surface area contributed by atoms with Crippen LogP contribution >= 0.6 is 30.3 Å². The Balaban J connectivity index is 1.52. The monoisotopic (exact) mass is 623 g/mol. The maximum atomic E-state index is 14.9. The van der Waals surface area contributed by atoms with Gasteiger partial charge in [-0.25, -0.2) is 14.2 Å². The molecule has 3 heterocycles. The highest BCUT2D eigenvalue weighted by molar-refractivity contribution is 14.2. The number of hydrogen-bond donors (Lipinski definition) is 0. The average Bonchev–Trinajstić information content (AvgIpc) is 3.21. The lowest BCUT2D eigenvalue weighted by Crippen LogP contribution is -2.38. The summed E-state index contributed by atoms with van der Waals surface area (Å²) in [6, 6.07) is 6.30. The Morgan fingerprint density at radius 2 is 1.83 bits per heavy atom. The van der Waals surface area contributed by atoms with E-state index in [9.17, 15) is 27.2 Å². The Morgan fingerprint density at radius 3 is 2.40 bits per heavy atom. The van der Waals surface area contributed by atoms with Crippen molar-refractivity contribution in [1.82, 2.24) is 13.9 Å². The number of carbonyl (C=O) groups is 2. The molecule has 1 aromatic carbocycles. The molecule has 13 heteroatoms. The van der Waals surface area contributed by atoms with Crippen molar-refractivity contribution in [1.29, 1.82) is 0 Å². The smallest absolute Gasteiger partial charge is 0.464 e. The van der Waals surface area contributed by atoms with Crippen LogP contribution in [-0.2, 0) is 4.74 Å². The molecule has 1 aliphatic heterocycles. The third kappa shape index (κ3) is 5.34. The second-order valence-electron chi connectivity index (χ2n) is 7.78. The average molecular weight is 623 g/mol. The minimum atomic E-state index is -4.81. The molecule has 2 aromatic heterocycles. The lowest BCUT2D eigenvalue weighted by molar-refractivity contribution is -0.274. The number of nitrogens with zero attached hydrogens (tertiary/aromatic N) is 3. The molecule has 0 aliphatic carbocycles. The van der Waals surface area contributed by atoms with E-state index in [0.29, 0.717) is 42.5 Å². The lowest BCUT2D eigenvalue weighted by Gasteiger charge is -2.32. The van der Waals surface area contributed by atoms with E-state index in [4.69, 9.17) is 4.74 Å². The van der Waals surface area contributed by atoms with Gasteiger partial charge in [-0.1, -0.05) is 0 Å². The molecule has 1 amide bonds. The van der Waals surface area contributed by atoms with Crippen molar-refractivity contribution in [2.75, 3.05) is 20.2 Å². The van der Waals surface area contributed by atoms with Crippen molar-refractivity contribution >= 4 is 53.2 Å². The van der Waals surface area contributed by atoms with Gasteiger partial charge in [0.15, 0.2) is 5.65 Å². The minimum absolute atomic E-state index is 0.215. The summed E-state index contributed by atoms with van der Waals surface area (Å²) >= 11 is 2.00. The van der Waals surface area contributed by atoms with Crippen molar-refractivity contribution in [2.24, 2.45) is 0 Å². The van der Waals surface area contributed by atoms with E-state index >= 15 is 0 Å². The Kier molecular flexibility index (Phi) is 7.45.